The predicted molar refractivity (Wildman–Crippen MR) is 102 cm³/mol. The van der Waals surface area contributed by atoms with Gasteiger partial charge in [-0.15, -0.1) is 0 Å². The smallest absolute Gasteiger partial charge is 0.246 e. The van der Waals surface area contributed by atoms with E-state index in [1.165, 1.54) is 14.2 Å². The molecule has 1 amide bonds. The number of likely N-dealkylation sites (N-methyl/N-ethyl adjacent to an activating group) is 1. The minimum absolute atomic E-state index is 0.105. The molecule has 1 aliphatic heterocycles. The van der Waals surface area contributed by atoms with E-state index in [4.69, 9.17) is 4.74 Å². The second kappa shape index (κ2) is 8.39. The van der Waals surface area contributed by atoms with Gasteiger partial charge in [0.2, 0.25) is 15.9 Å². The first-order valence-corrected chi connectivity index (χ1v) is 10.5. The van der Waals surface area contributed by atoms with Crippen molar-refractivity contribution in [3.63, 3.8) is 0 Å². The van der Waals surface area contributed by atoms with E-state index in [0.29, 0.717) is 24.8 Å². The highest BCUT2D eigenvalue weighted by atomic mass is 32.2. The van der Waals surface area contributed by atoms with Crippen LogP contribution in [0.15, 0.2) is 23.1 Å². The van der Waals surface area contributed by atoms with Crippen LogP contribution in [0.25, 0.3) is 0 Å². The summed E-state index contributed by atoms with van der Waals surface area (Å²) in [5.74, 6) is 0.947. The summed E-state index contributed by atoms with van der Waals surface area (Å²) in [6, 6.07) is 5.18. The van der Waals surface area contributed by atoms with Crippen LogP contribution in [-0.2, 0) is 14.8 Å². The number of amides is 1. The number of ether oxygens (including phenoxy) is 1. The molecular formula is C19H30N2O4S. The van der Waals surface area contributed by atoms with Crippen LogP contribution < -0.4 is 4.74 Å². The number of rotatable bonds is 6. The van der Waals surface area contributed by atoms with Crippen LogP contribution in [0.3, 0.4) is 0 Å². The molecular weight excluding hydrogens is 352 g/mol. The lowest BCUT2D eigenvalue weighted by Crippen LogP contribution is -2.44. The molecule has 0 aromatic heterocycles. The highest BCUT2D eigenvalue weighted by molar-refractivity contribution is 7.89. The van der Waals surface area contributed by atoms with Crippen LogP contribution in [0.1, 0.15) is 45.1 Å². The molecule has 1 saturated heterocycles. The summed E-state index contributed by atoms with van der Waals surface area (Å²) < 4.78 is 32.4. The van der Waals surface area contributed by atoms with Crippen molar-refractivity contribution in [3.05, 3.63) is 23.8 Å². The van der Waals surface area contributed by atoms with Crippen LogP contribution >= 0.6 is 0 Å². The predicted octanol–water partition coefficient (Wildman–Crippen LogP) is 2.70. The Bertz CT molecular complexity index is 738. The first kappa shape index (κ1) is 20.7. The minimum atomic E-state index is -3.82. The summed E-state index contributed by atoms with van der Waals surface area (Å²) in [6.45, 7) is 7.41. The maximum Gasteiger partial charge on any atom is 0.246 e. The number of likely N-dealkylation sites (tertiary alicyclic amines) is 1. The molecule has 0 radical (unpaired) electrons. The zero-order valence-electron chi connectivity index (χ0n) is 16.4. The molecule has 1 fully saturated rings. The van der Waals surface area contributed by atoms with Crippen LogP contribution in [0.2, 0.25) is 0 Å². The van der Waals surface area contributed by atoms with Gasteiger partial charge in [0.15, 0.2) is 0 Å². The van der Waals surface area contributed by atoms with E-state index in [-0.39, 0.29) is 23.3 Å². The number of piperidine rings is 1. The highest BCUT2D eigenvalue weighted by Gasteiger charge is 2.29. The normalized spacial score (nSPS) is 16.3. The quantitative estimate of drug-likeness (QED) is 0.759. The van der Waals surface area contributed by atoms with Crippen LogP contribution in [0.4, 0.5) is 0 Å². The van der Waals surface area contributed by atoms with Gasteiger partial charge in [0.1, 0.15) is 10.6 Å². The van der Waals surface area contributed by atoms with Gasteiger partial charge in [0.05, 0.1) is 13.7 Å². The number of sulfonamides is 1. The van der Waals surface area contributed by atoms with Crippen molar-refractivity contribution in [2.45, 2.75) is 44.4 Å². The number of nitrogens with zero attached hydrogens (tertiary/aromatic N) is 2. The summed E-state index contributed by atoms with van der Waals surface area (Å²) in [4.78, 5) is 14.4. The Morgan fingerprint density at radius 2 is 1.92 bits per heavy atom. The molecule has 1 aromatic rings. The van der Waals surface area contributed by atoms with Crippen LogP contribution in [-0.4, -0.2) is 57.3 Å². The summed E-state index contributed by atoms with van der Waals surface area (Å²) >= 11 is 0. The minimum Gasteiger partial charge on any atom is -0.495 e. The molecule has 0 unspecified atom stereocenters. The second-order valence-electron chi connectivity index (χ2n) is 7.39. The van der Waals surface area contributed by atoms with E-state index < -0.39 is 10.0 Å². The fraction of sp³-hybridized carbons (Fsp3) is 0.632. The Hall–Kier alpha value is -1.60. The molecule has 1 aromatic carbocycles. The Labute approximate surface area is 157 Å². The summed E-state index contributed by atoms with van der Waals surface area (Å²) in [6.07, 6.45) is 1.93. The molecule has 7 heteroatoms. The van der Waals surface area contributed by atoms with Gasteiger partial charge < -0.3 is 9.64 Å². The Balaban J connectivity index is 2.20. The van der Waals surface area contributed by atoms with Gasteiger partial charge in [-0.1, -0.05) is 26.8 Å². The molecule has 26 heavy (non-hydrogen) atoms. The first-order chi connectivity index (χ1) is 12.2. The van der Waals surface area contributed by atoms with E-state index in [1.807, 2.05) is 19.9 Å². The van der Waals surface area contributed by atoms with E-state index in [2.05, 4.69) is 6.92 Å². The molecule has 0 aliphatic carbocycles. The average Bonchev–Trinajstić information content (AvgIpc) is 2.61. The standard InChI is InChI=1S/C19H30N2O4S/c1-14(2)16-6-7-17(25-5)18(12-16)26(23,24)20(4)13-19(22)21-10-8-15(3)9-11-21/h6-7,12,14-15H,8-11,13H2,1-5H3. The molecule has 0 saturated carbocycles. The summed E-state index contributed by atoms with van der Waals surface area (Å²) in [5, 5.41) is 0. The van der Waals surface area contributed by atoms with Crippen LogP contribution in [0, 0.1) is 5.92 Å². The Kier molecular flexibility index (Phi) is 6.69. The molecule has 6 nitrogen and oxygen atoms in total. The lowest BCUT2D eigenvalue weighted by molar-refractivity contribution is -0.132. The van der Waals surface area contributed by atoms with Gasteiger partial charge in [-0.3, -0.25) is 4.79 Å². The van der Waals surface area contributed by atoms with Crippen molar-refractivity contribution < 1.29 is 17.9 Å². The summed E-state index contributed by atoms with van der Waals surface area (Å²) in [7, 11) is -0.928. The number of carbonyl (C=O) groups is 1. The fourth-order valence-electron chi connectivity index (χ4n) is 3.06. The van der Waals surface area contributed by atoms with E-state index in [1.54, 1.807) is 17.0 Å². The van der Waals surface area contributed by atoms with Gasteiger partial charge in [0.25, 0.3) is 0 Å². The van der Waals surface area contributed by atoms with Gasteiger partial charge >= 0.3 is 0 Å². The number of hydrogen-bond donors (Lipinski definition) is 0. The third-order valence-corrected chi connectivity index (χ3v) is 6.86. The van der Waals surface area contributed by atoms with E-state index in [0.717, 1.165) is 22.7 Å². The fourth-order valence-corrected chi connectivity index (χ4v) is 4.36. The van der Waals surface area contributed by atoms with Crippen molar-refractivity contribution in [1.82, 2.24) is 9.21 Å². The van der Waals surface area contributed by atoms with Crippen LogP contribution in [0.5, 0.6) is 5.75 Å². The molecule has 2 rings (SSSR count). The number of methoxy groups -OCH3 is 1. The zero-order chi connectivity index (χ0) is 19.5. The largest absolute Gasteiger partial charge is 0.495 e. The molecule has 0 atom stereocenters. The molecule has 1 aliphatic rings. The lowest BCUT2D eigenvalue weighted by Gasteiger charge is -2.31. The molecule has 0 bridgehead atoms. The Morgan fingerprint density at radius 3 is 2.46 bits per heavy atom. The van der Waals surface area contributed by atoms with Crippen molar-refractivity contribution >= 4 is 15.9 Å². The summed E-state index contributed by atoms with van der Waals surface area (Å²) in [5.41, 5.74) is 0.911. The third-order valence-electron chi connectivity index (χ3n) is 5.04. The van der Waals surface area contributed by atoms with Crippen molar-refractivity contribution in [2.75, 3.05) is 33.8 Å². The maximum atomic E-state index is 13.0. The Morgan fingerprint density at radius 1 is 1.31 bits per heavy atom. The zero-order valence-corrected chi connectivity index (χ0v) is 17.2. The SMILES string of the molecule is COc1ccc(C(C)C)cc1S(=O)(=O)N(C)CC(=O)N1CCC(C)CC1. The topological polar surface area (TPSA) is 66.9 Å². The molecule has 0 N–H and O–H groups in total. The number of carbonyl (C=O) groups excluding carboxylic acids is 1. The van der Waals surface area contributed by atoms with E-state index >= 15 is 0 Å². The van der Waals surface area contributed by atoms with Crippen molar-refractivity contribution in [2.24, 2.45) is 5.92 Å². The number of hydrogen-bond acceptors (Lipinski definition) is 4. The highest BCUT2D eigenvalue weighted by Crippen LogP contribution is 2.30. The van der Waals surface area contributed by atoms with Gasteiger partial charge in [0, 0.05) is 20.1 Å². The van der Waals surface area contributed by atoms with Gasteiger partial charge in [-0.05, 0) is 42.4 Å². The first-order valence-electron chi connectivity index (χ1n) is 9.08. The maximum absolute atomic E-state index is 13.0. The molecule has 146 valence electrons. The molecule has 1 heterocycles. The third kappa shape index (κ3) is 4.57. The van der Waals surface area contributed by atoms with Crippen molar-refractivity contribution in [1.29, 1.82) is 0 Å². The second-order valence-corrected chi connectivity index (χ2v) is 9.40. The lowest BCUT2D eigenvalue weighted by atomic mass is 9.99. The molecule has 0 spiro atoms. The van der Waals surface area contributed by atoms with Crippen molar-refractivity contribution in [3.8, 4) is 5.75 Å². The average molecular weight is 383 g/mol. The van der Waals surface area contributed by atoms with Gasteiger partial charge in [-0.2, -0.15) is 4.31 Å². The van der Waals surface area contributed by atoms with Gasteiger partial charge in [-0.25, -0.2) is 8.42 Å². The van der Waals surface area contributed by atoms with E-state index in [9.17, 15) is 13.2 Å². The number of benzene rings is 1. The monoisotopic (exact) mass is 382 g/mol.